The number of allylic oxidation sites excluding steroid dienone is 2. The molecule has 1 aliphatic rings. The highest BCUT2D eigenvalue weighted by molar-refractivity contribution is 7.99. The predicted octanol–water partition coefficient (Wildman–Crippen LogP) is 4.50. The molecule has 0 heterocycles. The third-order valence-electron chi connectivity index (χ3n) is 3.82. The Hall–Kier alpha value is -0.970. The van der Waals surface area contributed by atoms with Crippen LogP contribution < -0.4 is 0 Å². The zero-order chi connectivity index (χ0) is 16.5. The van der Waals surface area contributed by atoms with Gasteiger partial charge in [0.25, 0.3) is 0 Å². The molecule has 0 amide bonds. The van der Waals surface area contributed by atoms with E-state index >= 15 is 0 Å². The molecule has 5 heteroatoms. The molecule has 4 nitrogen and oxygen atoms in total. The molecule has 126 valence electrons. The van der Waals surface area contributed by atoms with E-state index in [1.54, 1.807) is 11.8 Å². The van der Waals surface area contributed by atoms with Crippen molar-refractivity contribution in [3.8, 4) is 0 Å². The summed E-state index contributed by atoms with van der Waals surface area (Å²) in [5.74, 6) is 1.46. The normalized spacial score (nSPS) is 21.2. The molecule has 0 radical (unpaired) electrons. The number of hydrogen-bond donors (Lipinski definition) is 1. The van der Waals surface area contributed by atoms with Crippen molar-refractivity contribution in [2.75, 3.05) is 12.4 Å². The Morgan fingerprint density at radius 1 is 1.41 bits per heavy atom. The van der Waals surface area contributed by atoms with Gasteiger partial charge in [0.15, 0.2) is 5.78 Å². The summed E-state index contributed by atoms with van der Waals surface area (Å²) >= 11 is 1.75. The molecule has 0 aliphatic heterocycles. The first-order chi connectivity index (χ1) is 10.5. The van der Waals surface area contributed by atoms with Crippen molar-refractivity contribution in [2.24, 2.45) is 11.1 Å². The average molecular weight is 327 g/mol. The number of oxime groups is 1. The highest BCUT2D eigenvalue weighted by Crippen LogP contribution is 2.32. The lowest BCUT2D eigenvalue weighted by Crippen LogP contribution is -2.24. The molecule has 1 aliphatic carbocycles. The number of thioether (sulfide) groups is 1. The molecule has 0 bridgehead atoms. The summed E-state index contributed by atoms with van der Waals surface area (Å²) in [5.41, 5.74) is 1.57. The maximum absolute atomic E-state index is 12.3. The molecule has 2 unspecified atom stereocenters. The molecule has 22 heavy (non-hydrogen) atoms. The lowest BCUT2D eigenvalue weighted by molar-refractivity contribution is -0.116. The number of aliphatic hydroxyl groups is 1. The van der Waals surface area contributed by atoms with Crippen LogP contribution in [0.4, 0.5) is 0 Å². The molecule has 2 atom stereocenters. The monoisotopic (exact) mass is 327 g/mol. The van der Waals surface area contributed by atoms with Crippen molar-refractivity contribution in [3.05, 3.63) is 11.3 Å². The minimum absolute atomic E-state index is 0.0915. The van der Waals surface area contributed by atoms with Crippen LogP contribution in [0.5, 0.6) is 0 Å². The van der Waals surface area contributed by atoms with Gasteiger partial charge in [-0.3, -0.25) is 4.79 Å². The molecule has 0 saturated heterocycles. The van der Waals surface area contributed by atoms with Gasteiger partial charge in [0.1, 0.15) is 12.4 Å². The Bertz CT molecular complexity index is 432. The van der Waals surface area contributed by atoms with Crippen LogP contribution in [0.2, 0.25) is 0 Å². The first-order valence-electron chi connectivity index (χ1n) is 8.27. The Morgan fingerprint density at radius 3 is 2.68 bits per heavy atom. The van der Waals surface area contributed by atoms with E-state index in [0.717, 1.165) is 24.3 Å². The van der Waals surface area contributed by atoms with Crippen molar-refractivity contribution >= 4 is 23.3 Å². The number of carbonyl (C=O) groups is 1. The molecule has 0 aromatic heterocycles. The van der Waals surface area contributed by atoms with Crippen LogP contribution in [-0.2, 0) is 9.63 Å². The number of ketones is 1. The van der Waals surface area contributed by atoms with Crippen LogP contribution in [0.25, 0.3) is 0 Å². The van der Waals surface area contributed by atoms with Crippen molar-refractivity contribution in [1.29, 1.82) is 0 Å². The van der Waals surface area contributed by atoms with Crippen molar-refractivity contribution in [3.63, 3.8) is 0 Å². The molecular weight excluding hydrogens is 298 g/mol. The second-order valence-corrected chi connectivity index (χ2v) is 7.27. The van der Waals surface area contributed by atoms with E-state index in [-0.39, 0.29) is 22.7 Å². The largest absolute Gasteiger partial charge is 0.512 e. The summed E-state index contributed by atoms with van der Waals surface area (Å²) in [4.78, 5) is 17.5. The third kappa shape index (κ3) is 5.67. The summed E-state index contributed by atoms with van der Waals surface area (Å²) < 4.78 is 0. The Kier molecular flexibility index (Phi) is 8.61. The van der Waals surface area contributed by atoms with E-state index in [0.29, 0.717) is 31.4 Å². The number of rotatable bonds is 9. The van der Waals surface area contributed by atoms with Gasteiger partial charge in [0.05, 0.1) is 5.71 Å². The molecule has 1 N–H and O–H groups in total. The second-order valence-electron chi connectivity index (χ2n) is 5.69. The Labute approximate surface area is 138 Å². The molecular formula is C17H29NO3S. The summed E-state index contributed by atoms with van der Waals surface area (Å²) in [6, 6.07) is 0. The van der Waals surface area contributed by atoms with Crippen LogP contribution in [0.1, 0.15) is 59.8 Å². The summed E-state index contributed by atoms with van der Waals surface area (Å²) in [6.45, 7) is 8.68. The topological polar surface area (TPSA) is 58.9 Å². The first kappa shape index (κ1) is 19.1. The number of hydrogen-bond acceptors (Lipinski definition) is 5. The van der Waals surface area contributed by atoms with Gasteiger partial charge in [0.2, 0.25) is 0 Å². The third-order valence-corrected chi connectivity index (χ3v) is 4.96. The van der Waals surface area contributed by atoms with E-state index in [9.17, 15) is 9.90 Å². The van der Waals surface area contributed by atoms with E-state index in [1.165, 1.54) is 0 Å². The van der Waals surface area contributed by atoms with Crippen molar-refractivity contribution < 1.29 is 14.7 Å². The fraction of sp³-hybridized carbons (Fsp3) is 0.765. The van der Waals surface area contributed by atoms with E-state index in [4.69, 9.17) is 4.84 Å². The smallest absolute Gasteiger partial charge is 0.163 e. The highest BCUT2D eigenvalue weighted by atomic mass is 32.2. The fourth-order valence-electron chi connectivity index (χ4n) is 2.70. The summed E-state index contributed by atoms with van der Waals surface area (Å²) in [5, 5.41) is 14.7. The average Bonchev–Trinajstić information content (AvgIpc) is 2.47. The summed E-state index contributed by atoms with van der Waals surface area (Å²) in [7, 11) is 0. The summed E-state index contributed by atoms with van der Waals surface area (Å²) in [6.07, 6.45) is 3.55. The van der Waals surface area contributed by atoms with Gasteiger partial charge in [-0.15, -0.1) is 0 Å². The Morgan fingerprint density at radius 2 is 2.14 bits per heavy atom. The lowest BCUT2D eigenvalue weighted by Gasteiger charge is -2.24. The number of nitrogens with zero attached hydrogens (tertiary/aromatic N) is 1. The van der Waals surface area contributed by atoms with Gasteiger partial charge in [0, 0.05) is 29.6 Å². The van der Waals surface area contributed by atoms with Gasteiger partial charge >= 0.3 is 0 Å². The van der Waals surface area contributed by atoms with Crippen LogP contribution in [0.15, 0.2) is 16.5 Å². The van der Waals surface area contributed by atoms with Crippen molar-refractivity contribution in [1.82, 2.24) is 0 Å². The van der Waals surface area contributed by atoms with E-state index in [2.05, 4.69) is 19.0 Å². The predicted molar refractivity (Wildman–Crippen MR) is 93.6 cm³/mol. The van der Waals surface area contributed by atoms with Gasteiger partial charge < -0.3 is 9.94 Å². The van der Waals surface area contributed by atoms with Crippen molar-refractivity contribution in [2.45, 2.75) is 65.0 Å². The SMILES string of the molecule is CCCC(=NOCC)C(C)CC1=C(O)CC(SCC)CC1=O. The molecule has 0 fully saturated rings. The van der Waals surface area contributed by atoms with Crippen LogP contribution in [0, 0.1) is 5.92 Å². The minimum atomic E-state index is 0.0915. The zero-order valence-electron chi connectivity index (χ0n) is 14.2. The minimum Gasteiger partial charge on any atom is -0.512 e. The standard InChI is InChI=1S/C17H29NO3S/c1-5-8-15(18-21-6-2)12(4)9-14-16(19)10-13(22-7-3)11-17(14)20/h12-13,19H,5-11H2,1-4H3. The molecule has 0 saturated carbocycles. The van der Waals surface area contributed by atoms with Crippen LogP contribution in [0.3, 0.4) is 0 Å². The van der Waals surface area contributed by atoms with Gasteiger partial charge in [-0.2, -0.15) is 11.8 Å². The Balaban J connectivity index is 2.78. The lowest BCUT2D eigenvalue weighted by atomic mass is 9.86. The maximum Gasteiger partial charge on any atom is 0.163 e. The molecule has 0 aromatic rings. The molecule has 1 rings (SSSR count). The fourth-order valence-corrected chi connectivity index (χ4v) is 3.71. The number of aliphatic hydroxyl groups excluding tert-OH is 1. The van der Waals surface area contributed by atoms with Gasteiger partial charge in [-0.25, -0.2) is 0 Å². The molecule has 0 spiro atoms. The highest BCUT2D eigenvalue weighted by Gasteiger charge is 2.29. The number of carbonyl (C=O) groups excluding carboxylic acids is 1. The van der Waals surface area contributed by atoms with Crippen LogP contribution >= 0.6 is 11.8 Å². The van der Waals surface area contributed by atoms with E-state index < -0.39 is 0 Å². The van der Waals surface area contributed by atoms with Gasteiger partial charge in [-0.05, 0) is 25.5 Å². The zero-order valence-corrected chi connectivity index (χ0v) is 15.0. The number of Topliss-reactive ketones (excluding diaryl/α,β-unsaturated/α-hetero) is 1. The van der Waals surface area contributed by atoms with E-state index in [1.807, 2.05) is 13.8 Å². The molecule has 0 aromatic carbocycles. The maximum atomic E-state index is 12.3. The first-order valence-corrected chi connectivity index (χ1v) is 9.32. The second kappa shape index (κ2) is 9.93. The van der Waals surface area contributed by atoms with Crippen LogP contribution in [-0.4, -0.2) is 34.2 Å². The quantitative estimate of drug-likeness (QED) is 0.500. The van der Waals surface area contributed by atoms with Gasteiger partial charge in [-0.1, -0.05) is 32.3 Å².